The number of aromatic nitrogens is 2. The number of benzene rings is 1. The molecule has 1 aromatic heterocycles. The van der Waals surface area contributed by atoms with Crippen LogP contribution in [0.25, 0.3) is 0 Å². The van der Waals surface area contributed by atoms with Crippen LogP contribution in [0.15, 0.2) is 18.2 Å². The number of nitrogens with two attached hydrogens (primary N) is 1. The summed E-state index contributed by atoms with van der Waals surface area (Å²) in [5.41, 5.74) is 7.89. The molecule has 1 aliphatic heterocycles. The van der Waals surface area contributed by atoms with Gasteiger partial charge in [-0.2, -0.15) is 0 Å². The highest BCUT2D eigenvalue weighted by molar-refractivity contribution is 5.96. The van der Waals surface area contributed by atoms with Gasteiger partial charge in [-0.05, 0) is 56.2 Å². The molecule has 0 aliphatic carbocycles. The van der Waals surface area contributed by atoms with Crippen LogP contribution in [0.2, 0.25) is 0 Å². The summed E-state index contributed by atoms with van der Waals surface area (Å²) >= 11 is 0. The number of nitrogens with zero attached hydrogens (tertiary/aromatic N) is 3. The van der Waals surface area contributed by atoms with Crippen molar-refractivity contribution in [3.8, 4) is 17.6 Å². The van der Waals surface area contributed by atoms with Crippen LogP contribution < -0.4 is 26.4 Å². The van der Waals surface area contributed by atoms with Gasteiger partial charge < -0.3 is 36.1 Å². The first-order valence-electron chi connectivity index (χ1n) is 13.7. The average molecular weight is 566 g/mol. The number of carbonyl (C=O) groups excluding carboxylic acids is 3. The van der Waals surface area contributed by atoms with Crippen molar-refractivity contribution in [2.45, 2.75) is 52.0 Å². The SMILES string of the molecule is CC#CC(=O)N(C)CCC(=O)NCCc1cc(Nc2nc(NC3CCOCC3)c(CC)nc2C(N)=O)cc(OC)c1. The van der Waals surface area contributed by atoms with E-state index in [1.165, 1.54) is 4.90 Å². The van der Waals surface area contributed by atoms with Gasteiger partial charge in [0.05, 0.1) is 12.8 Å². The number of amides is 3. The molecule has 2 heterocycles. The number of hydrogen-bond acceptors (Lipinski definition) is 9. The summed E-state index contributed by atoms with van der Waals surface area (Å²) in [7, 11) is 3.17. The van der Waals surface area contributed by atoms with Crippen LogP contribution in [0.1, 0.15) is 54.9 Å². The topological polar surface area (TPSA) is 161 Å². The molecule has 0 saturated carbocycles. The van der Waals surface area contributed by atoms with Gasteiger partial charge >= 0.3 is 0 Å². The molecular weight excluding hydrogens is 526 g/mol. The van der Waals surface area contributed by atoms with Crippen LogP contribution in [0, 0.1) is 11.8 Å². The molecule has 2 aromatic rings. The highest BCUT2D eigenvalue weighted by Gasteiger charge is 2.21. The van der Waals surface area contributed by atoms with Gasteiger partial charge in [0.25, 0.3) is 11.8 Å². The summed E-state index contributed by atoms with van der Waals surface area (Å²) in [5, 5.41) is 9.52. The molecule has 1 fully saturated rings. The number of ether oxygens (including phenoxy) is 2. The number of primary amides is 1. The maximum atomic E-state index is 12.3. The standard InChI is InChI=1S/C29H39N7O5/c1-5-7-25(38)36(3)13-9-24(37)31-12-8-19-16-21(18-22(17-19)40-4)33-29-26(27(30)39)34-23(6-2)28(35-29)32-20-10-14-41-15-11-20/h16-18,20H,6,8-15H2,1-4H3,(H2,30,39)(H,31,37)(H2,32,33,35). The lowest BCUT2D eigenvalue weighted by Gasteiger charge is -2.25. The number of aryl methyl sites for hydroxylation is 1. The second-order valence-electron chi connectivity index (χ2n) is 9.61. The zero-order valence-corrected chi connectivity index (χ0v) is 24.1. The molecule has 0 radical (unpaired) electrons. The number of hydrogen-bond donors (Lipinski definition) is 4. The third-order valence-electron chi connectivity index (χ3n) is 6.55. The molecule has 3 rings (SSSR count). The Hall–Kier alpha value is -4.37. The first-order valence-corrected chi connectivity index (χ1v) is 13.7. The Kier molecular flexibility index (Phi) is 11.7. The fraction of sp³-hybridized carbons (Fsp3) is 0.483. The van der Waals surface area contributed by atoms with Crippen molar-refractivity contribution in [2.24, 2.45) is 5.73 Å². The number of nitrogens with one attached hydrogen (secondary N) is 3. The average Bonchev–Trinajstić information content (AvgIpc) is 2.96. The number of methoxy groups -OCH3 is 1. The summed E-state index contributed by atoms with van der Waals surface area (Å²) < 4.78 is 10.9. The summed E-state index contributed by atoms with van der Waals surface area (Å²) in [6, 6.07) is 5.72. The van der Waals surface area contributed by atoms with Gasteiger partial charge in [-0.15, -0.1) is 0 Å². The smallest absolute Gasteiger partial charge is 0.298 e. The van der Waals surface area contributed by atoms with Crippen LogP contribution in [0.3, 0.4) is 0 Å². The van der Waals surface area contributed by atoms with Gasteiger partial charge in [0.2, 0.25) is 5.91 Å². The summed E-state index contributed by atoms with van der Waals surface area (Å²) in [4.78, 5) is 47.0. The Morgan fingerprint density at radius 1 is 1.17 bits per heavy atom. The zero-order valence-electron chi connectivity index (χ0n) is 24.1. The molecule has 0 unspecified atom stereocenters. The second-order valence-corrected chi connectivity index (χ2v) is 9.61. The lowest BCUT2D eigenvalue weighted by atomic mass is 10.1. The number of carbonyl (C=O) groups is 3. The minimum Gasteiger partial charge on any atom is -0.497 e. The van der Waals surface area contributed by atoms with E-state index in [0.29, 0.717) is 55.5 Å². The van der Waals surface area contributed by atoms with Gasteiger partial charge in [-0.1, -0.05) is 12.8 Å². The molecular formula is C29H39N7O5. The van der Waals surface area contributed by atoms with E-state index in [9.17, 15) is 14.4 Å². The minimum atomic E-state index is -0.688. The third-order valence-corrected chi connectivity index (χ3v) is 6.55. The number of rotatable bonds is 13. The molecule has 12 heteroatoms. The molecule has 0 atom stereocenters. The van der Waals surface area contributed by atoms with E-state index < -0.39 is 5.91 Å². The normalized spacial score (nSPS) is 13.0. The molecule has 12 nitrogen and oxygen atoms in total. The van der Waals surface area contributed by atoms with E-state index in [1.807, 2.05) is 19.1 Å². The van der Waals surface area contributed by atoms with Crippen molar-refractivity contribution in [1.82, 2.24) is 20.2 Å². The molecule has 1 aliphatic rings. The van der Waals surface area contributed by atoms with Gasteiger partial charge in [-0.3, -0.25) is 14.4 Å². The molecule has 0 spiro atoms. The first-order chi connectivity index (χ1) is 19.7. The van der Waals surface area contributed by atoms with Crippen LogP contribution in [0.4, 0.5) is 17.3 Å². The maximum absolute atomic E-state index is 12.3. The fourth-order valence-electron chi connectivity index (χ4n) is 4.27. The highest BCUT2D eigenvalue weighted by Crippen LogP contribution is 2.27. The predicted octanol–water partition coefficient (Wildman–Crippen LogP) is 2.01. The molecule has 1 aromatic carbocycles. The van der Waals surface area contributed by atoms with Crippen molar-refractivity contribution in [3.63, 3.8) is 0 Å². The maximum Gasteiger partial charge on any atom is 0.298 e. The van der Waals surface area contributed by atoms with Gasteiger partial charge in [0, 0.05) is 57.6 Å². The largest absolute Gasteiger partial charge is 0.497 e. The Morgan fingerprint density at radius 3 is 2.59 bits per heavy atom. The van der Waals surface area contributed by atoms with Crippen LogP contribution >= 0.6 is 0 Å². The molecule has 41 heavy (non-hydrogen) atoms. The fourth-order valence-corrected chi connectivity index (χ4v) is 4.27. The third kappa shape index (κ3) is 9.36. The van der Waals surface area contributed by atoms with E-state index in [-0.39, 0.29) is 42.3 Å². The molecule has 3 amide bonds. The van der Waals surface area contributed by atoms with Crippen molar-refractivity contribution in [2.75, 3.05) is 51.1 Å². The molecule has 5 N–H and O–H groups in total. The van der Waals surface area contributed by atoms with Crippen molar-refractivity contribution < 1.29 is 23.9 Å². The van der Waals surface area contributed by atoms with Crippen molar-refractivity contribution >= 4 is 35.0 Å². The van der Waals surface area contributed by atoms with Crippen LogP contribution in [-0.4, -0.2) is 79.1 Å². The van der Waals surface area contributed by atoms with E-state index in [2.05, 4.69) is 32.8 Å². The van der Waals surface area contributed by atoms with E-state index in [0.717, 1.165) is 18.4 Å². The Bertz CT molecular complexity index is 1300. The monoisotopic (exact) mass is 565 g/mol. The lowest BCUT2D eigenvalue weighted by Crippen LogP contribution is -2.32. The van der Waals surface area contributed by atoms with Crippen LogP contribution in [0.5, 0.6) is 5.75 Å². The Balaban J connectivity index is 1.72. The minimum absolute atomic E-state index is 0.0457. The van der Waals surface area contributed by atoms with Crippen molar-refractivity contribution in [1.29, 1.82) is 0 Å². The van der Waals surface area contributed by atoms with Crippen LogP contribution in [-0.2, 0) is 27.2 Å². The molecule has 0 bridgehead atoms. The number of anilines is 3. The van der Waals surface area contributed by atoms with Gasteiger partial charge in [0.1, 0.15) is 5.75 Å². The highest BCUT2D eigenvalue weighted by atomic mass is 16.5. The summed E-state index contributed by atoms with van der Waals surface area (Å²) in [6.07, 6.45) is 2.97. The van der Waals surface area contributed by atoms with E-state index >= 15 is 0 Å². The summed E-state index contributed by atoms with van der Waals surface area (Å²) in [5.74, 6) is 5.26. The predicted molar refractivity (Wildman–Crippen MR) is 156 cm³/mol. The molecule has 1 saturated heterocycles. The Morgan fingerprint density at radius 2 is 1.93 bits per heavy atom. The van der Waals surface area contributed by atoms with Crippen molar-refractivity contribution in [3.05, 3.63) is 35.2 Å². The lowest BCUT2D eigenvalue weighted by molar-refractivity contribution is -0.125. The second kappa shape index (κ2) is 15.4. The van der Waals surface area contributed by atoms with Gasteiger partial charge in [0.15, 0.2) is 17.3 Å². The first kappa shape index (κ1) is 31.2. The quantitative estimate of drug-likeness (QED) is 0.266. The van der Waals surface area contributed by atoms with E-state index in [1.54, 1.807) is 27.1 Å². The molecule has 220 valence electrons. The zero-order chi connectivity index (χ0) is 29.8. The van der Waals surface area contributed by atoms with E-state index in [4.69, 9.17) is 20.2 Å². The summed E-state index contributed by atoms with van der Waals surface area (Å²) in [6.45, 7) is 5.55. The van der Waals surface area contributed by atoms with Gasteiger partial charge in [-0.25, -0.2) is 9.97 Å². The Labute approximate surface area is 240 Å².